The number of aromatic nitrogens is 3. The zero-order chi connectivity index (χ0) is 17.2. The van der Waals surface area contributed by atoms with Gasteiger partial charge in [-0.25, -0.2) is 9.67 Å². The molecule has 0 fully saturated rings. The van der Waals surface area contributed by atoms with Crippen LogP contribution in [-0.2, 0) is 0 Å². The molecule has 4 aromatic rings. The van der Waals surface area contributed by atoms with Crippen LogP contribution in [0, 0.1) is 0 Å². The molecule has 0 aliphatic rings. The summed E-state index contributed by atoms with van der Waals surface area (Å²) in [6.07, 6.45) is 5.19. The van der Waals surface area contributed by atoms with Crippen molar-refractivity contribution in [3.63, 3.8) is 0 Å². The highest BCUT2D eigenvalue weighted by molar-refractivity contribution is 6.15. The van der Waals surface area contributed by atoms with E-state index in [1.54, 1.807) is 23.1 Å². The monoisotopic (exact) mass is 328 g/mol. The van der Waals surface area contributed by atoms with E-state index in [9.17, 15) is 4.79 Å². The number of amides is 1. The molecule has 0 saturated carbocycles. The Morgan fingerprint density at radius 1 is 1.00 bits per heavy atom. The van der Waals surface area contributed by atoms with Crippen molar-refractivity contribution in [3.05, 3.63) is 72.6 Å². The predicted molar refractivity (Wildman–Crippen MR) is 100 cm³/mol. The predicted octanol–water partition coefficient (Wildman–Crippen LogP) is 4.33. The molecule has 4 rings (SSSR count). The molecule has 122 valence electrons. The summed E-state index contributed by atoms with van der Waals surface area (Å²) in [5.41, 5.74) is 2.93. The number of anilines is 1. The van der Waals surface area contributed by atoms with E-state index in [0.29, 0.717) is 5.69 Å². The van der Waals surface area contributed by atoms with E-state index in [0.717, 1.165) is 27.5 Å². The Hall–Kier alpha value is -3.47. The van der Waals surface area contributed by atoms with Gasteiger partial charge < -0.3 is 5.32 Å². The summed E-state index contributed by atoms with van der Waals surface area (Å²) < 4.78 is 1.56. The van der Waals surface area contributed by atoms with Gasteiger partial charge in [0.1, 0.15) is 5.69 Å². The van der Waals surface area contributed by atoms with Crippen molar-refractivity contribution >= 4 is 39.6 Å². The van der Waals surface area contributed by atoms with Gasteiger partial charge in [-0.05, 0) is 25.1 Å². The molecule has 2 heterocycles. The molecular formula is C20H16N4O. The zero-order valence-corrected chi connectivity index (χ0v) is 13.7. The summed E-state index contributed by atoms with van der Waals surface area (Å²) in [5, 5.41) is 9.02. The maximum absolute atomic E-state index is 12.8. The van der Waals surface area contributed by atoms with E-state index in [1.165, 1.54) is 0 Å². The Kier molecular flexibility index (Phi) is 3.74. The minimum Gasteiger partial charge on any atom is -0.319 e. The number of nitrogens with one attached hydrogen (secondary N) is 1. The van der Waals surface area contributed by atoms with Gasteiger partial charge in [0.05, 0.1) is 22.9 Å². The summed E-state index contributed by atoms with van der Waals surface area (Å²) in [6.45, 7) is 1.88. The molecule has 1 amide bonds. The number of carbonyl (C=O) groups is 1. The number of hydrogen-bond donors (Lipinski definition) is 1. The number of fused-ring (bicyclic) bond motifs is 2. The second-order valence-electron chi connectivity index (χ2n) is 5.62. The third-order valence-electron chi connectivity index (χ3n) is 4.02. The maximum atomic E-state index is 12.8. The van der Waals surface area contributed by atoms with E-state index in [2.05, 4.69) is 15.4 Å². The molecule has 5 heteroatoms. The molecule has 2 aromatic heterocycles. The van der Waals surface area contributed by atoms with Crippen LogP contribution in [0.4, 0.5) is 5.69 Å². The van der Waals surface area contributed by atoms with Gasteiger partial charge in [-0.15, -0.1) is 0 Å². The number of pyridine rings is 1. The molecule has 5 nitrogen and oxygen atoms in total. The quantitative estimate of drug-likeness (QED) is 0.570. The van der Waals surface area contributed by atoms with Crippen LogP contribution in [0.5, 0.6) is 0 Å². The molecule has 0 aliphatic heterocycles. The Morgan fingerprint density at radius 2 is 1.64 bits per heavy atom. The van der Waals surface area contributed by atoms with Crippen molar-refractivity contribution in [1.29, 1.82) is 0 Å². The minimum atomic E-state index is -0.211. The minimum absolute atomic E-state index is 0.211. The first kappa shape index (κ1) is 15.1. The molecule has 1 N–H and O–H groups in total. The largest absolute Gasteiger partial charge is 0.319 e. The molecule has 25 heavy (non-hydrogen) atoms. The Labute approximate surface area is 144 Å². The number of nitrogens with zero attached hydrogens (tertiary/aromatic N) is 3. The number of carbonyl (C=O) groups excluding carboxylic acids is 1. The Balaban J connectivity index is 1.87. The highest BCUT2D eigenvalue weighted by atomic mass is 16.2. The molecule has 0 radical (unpaired) electrons. The first-order valence-electron chi connectivity index (χ1n) is 8.03. The zero-order valence-electron chi connectivity index (χ0n) is 13.7. The molecule has 0 aliphatic carbocycles. The normalized spacial score (nSPS) is 11.4. The summed E-state index contributed by atoms with van der Waals surface area (Å²) in [6, 6.07) is 17.3. The van der Waals surface area contributed by atoms with Gasteiger partial charge in [-0.1, -0.05) is 42.5 Å². The highest BCUT2D eigenvalue weighted by Crippen LogP contribution is 2.30. The van der Waals surface area contributed by atoms with Crippen molar-refractivity contribution in [2.24, 2.45) is 0 Å². The fraction of sp³-hybridized carbons (Fsp3) is 0.0500. The van der Waals surface area contributed by atoms with E-state index in [4.69, 9.17) is 0 Å². The number of allylic oxidation sites excluding steroid dienone is 1. The lowest BCUT2D eigenvalue weighted by Gasteiger charge is -2.12. The highest BCUT2D eigenvalue weighted by Gasteiger charge is 2.15. The van der Waals surface area contributed by atoms with Gasteiger partial charge in [0, 0.05) is 17.0 Å². The number of hydrogen-bond acceptors (Lipinski definition) is 3. The van der Waals surface area contributed by atoms with Crippen LogP contribution in [0.25, 0.3) is 28.0 Å². The van der Waals surface area contributed by atoms with Crippen LogP contribution in [0.3, 0.4) is 0 Å². The molecule has 2 aromatic carbocycles. The average Bonchev–Trinajstić information content (AvgIpc) is 3.10. The average molecular weight is 328 g/mol. The summed E-state index contributed by atoms with van der Waals surface area (Å²) in [5.74, 6) is -0.211. The van der Waals surface area contributed by atoms with Crippen LogP contribution < -0.4 is 5.32 Å². The van der Waals surface area contributed by atoms with Crippen molar-refractivity contribution in [3.8, 4) is 0 Å². The first-order valence-corrected chi connectivity index (χ1v) is 8.03. The molecule has 0 spiro atoms. The molecular weight excluding hydrogens is 312 g/mol. The van der Waals surface area contributed by atoms with Gasteiger partial charge in [-0.2, -0.15) is 5.10 Å². The van der Waals surface area contributed by atoms with Crippen molar-refractivity contribution in [2.45, 2.75) is 6.92 Å². The number of benzene rings is 2. The number of para-hydroxylation sites is 2. The van der Waals surface area contributed by atoms with Gasteiger partial charge in [0.15, 0.2) is 0 Å². The lowest BCUT2D eigenvalue weighted by Crippen LogP contribution is -2.16. The third-order valence-corrected chi connectivity index (χ3v) is 4.02. The van der Waals surface area contributed by atoms with Crippen LogP contribution in [0.2, 0.25) is 0 Å². The molecule has 0 bridgehead atoms. The van der Waals surface area contributed by atoms with Gasteiger partial charge in [0.25, 0.3) is 5.91 Å². The van der Waals surface area contributed by atoms with Crippen molar-refractivity contribution in [1.82, 2.24) is 14.8 Å². The van der Waals surface area contributed by atoms with E-state index < -0.39 is 0 Å². The maximum Gasteiger partial charge on any atom is 0.274 e. The van der Waals surface area contributed by atoms with Crippen LogP contribution >= 0.6 is 0 Å². The van der Waals surface area contributed by atoms with Gasteiger partial charge >= 0.3 is 0 Å². The van der Waals surface area contributed by atoms with Crippen molar-refractivity contribution in [2.75, 3.05) is 5.32 Å². The summed E-state index contributed by atoms with van der Waals surface area (Å²) in [7, 11) is 0. The van der Waals surface area contributed by atoms with Crippen molar-refractivity contribution < 1.29 is 4.79 Å². The van der Waals surface area contributed by atoms with E-state index >= 15 is 0 Å². The second-order valence-corrected chi connectivity index (χ2v) is 5.62. The third kappa shape index (κ3) is 2.65. The van der Waals surface area contributed by atoms with Crippen LogP contribution in [-0.4, -0.2) is 20.7 Å². The second kappa shape index (κ2) is 6.20. The van der Waals surface area contributed by atoms with E-state index in [-0.39, 0.29) is 5.91 Å². The van der Waals surface area contributed by atoms with Gasteiger partial charge in [0.2, 0.25) is 0 Å². The molecule has 0 unspecified atom stereocenters. The summed E-state index contributed by atoms with van der Waals surface area (Å²) in [4.78, 5) is 17.5. The molecule has 0 saturated heterocycles. The lowest BCUT2D eigenvalue weighted by atomic mass is 10.1. The van der Waals surface area contributed by atoms with E-state index in [1.807, 2.05) is 61.5 Å². The first-order chi connectivity index (χ1) is 12.3. The lowest BCUT2D eigenvalue weighted by molar-refractivity contribution is 0.102. The standard InChI is InChI=1S/C20H16N4O/c1-2-13-24-18(11-12-21-24)20(25)23-19-14-7-3-5-9-16(14)22-17-10-6-4-8-15(17)19/h2-13H,1H3,(H,22,23,25)/b13-2+. The molecule has 0 atom stereocenters. The summed E-state index contributed by atoms with van der Waals surface area (Å²) >= 11 is 0. The smallest absolute Gasteiger partial charge is 0.274 e. The fourth-order valence-corrected chi connectivity index (χ4v) is 2.91. The Bertz CT molecular complexity index is 1060. The topological polar surface area (TPSA) is 59.8 Å². The van der Waals surface area contributed by atoms with Crippen LogP contribution in [0.1, 0.15) is 17.4 Å². The SMILES string of the molecule is C/C=C/n1nccc1C(=O)Nc1c2ccccc2nc2ccccc12. The number of rotatable bonds is 3. The van der Waals surface area contributed by atoms with Gasteiger partial charge in [-0.3, -0.25) is 4.79 Å². The fourth-order valence-electron chi connectivity index (χ4n) is 2.91. The van der Waals surface area contributed by atoms with Crippen LogP contribution in [0.15, 0.2) is 66.9 Å². The Morgan fingerprint density at radius 3 is 2.28 bits per heavy atom.